The van der Waals surface area contributed by atoms with Gasteiger partial charge in [-0.2, -0.15) is 0 Å². The Morgan fingerprint density at radius 1 is 1.25 bits per heavy atom. The molecule has 1 aromatic carbocycles. The molecule has 4 nitrogen and oxygen atoms in total. The van der Waals surface area contributed by atoms with E-state index in [0.717, 1.165) is 22.6 Å². The zero-order valence-corrected chi connectivity index (χ0v) is 13.3. The second-order valence-corrected chi connectivity index (χ2v) is 6.63. The van der Waals surface area contributed by atoms with Gasteiger partial charge in [-0.05, 0) is 31.4 Å². The van der Waals surface area contributed by atoms with Gasteiger partial charge in [0.2, 0.25) is 0 Å². The maximum atomic E-state index is 6.43. The van der Waals surface area contributed by atoms with E-state index in [4.69, 9.17) is 15.5 Å². The fourth-order valence-corrected chi connectivity index (χ4v) is 2.37. The maximum Gasteiger partial charge on any atom is 0.127 e. The lowest BCUT2D eigenvalue weighted by atomic mass is 9.87. The van der Waals surface area contributed by atoms with Crippen LogP contribution in [0.1, 0.15) is 52.5 Å². The predicted molar refractivity (Wildman–Crippen MR) is 83.1 cm³/mol. The van der Waals surface area contributed by atoms with Crippen LogP contribution in [0, 0.1) is 5.41 Å². The van der Waals surface area contributed by atoms with Crippen LogP contribution >= 0.6 is 0 Å². The van der Waals surface area contributed by atoms with Gasteiger partial charge in [-0.1, -0.05) is 20.8 Å². The van der Waals surface area contributed by atoms with E-state index in [9.17, 15) is 0 Å². The van der Waals surface area contributed by atoms with Crippen molar-refractivity contribution in [2.45, 2.75) is 46.7 Å². The minimum atomic E-state index is -0.108. The Balaban J connectivity index is 2.67. The lowest BCUT2D eigenvalue weighted by Crippen LogP contribution is -2.29. The first-order valence-corrected chi connectivity index (χ1v) is 7.07. The van der Waals surface area contributed by atoms with Gasteiger partial charge < -0.3 is 15.0 Å². The van der Waals surface area contributed by atoms with E-state index >= 15 is 0 Å². The molecule has 0 aliphatic heterocycles. The van der Waals surface area contributed by atoms with E-state index < -0.39 is 0 Å². The molecular formula is C16H25N3O. The van der Waals surface area contributed by atoms with Crippen molar-refractivity contribution in [2.75, 3.05) is 7.11 Å². The zero-order valence-electron chi connectivity index (χ0n) is 13.3. The van der Waals surface area contributed by atoms with Gasteiger partial charge >= 0.3 is 0 Å². The summed E-state index contributed by atoms with van der Waals surface area (Å²) in [6.45, 7) is 10.7. The van der Waals surface area contributed by atoms with Crippen LogP contribution in [0.3, 0.4) is 0 Å². The summed E-state index contributed by atoms with van der Waals surface area (Å²) in [4.78, 5) is 4.77. The molecule has 1 atom stereocenters. The highest BCUT2D eigenvalue weighted by molar-refractivity contribution is 5.78. The summed E-state index contributed by atoms with van der Waals surface area (Å²) in [7, 11) is 1.67. The molecule has 0 amide bonds. The molecule has 1 heterocycles. The summed E-state index contributed by atoms with van der Waals surface area (Å²) in [5, 5.41) is 0. The van der Waals surface area contributed by atoms with Crippen LogP contribution in [-0.4, -0.2) is 16.7 Å². The molecule has 2 N–H and O–H groups in total. The summed E-state index contributed by atoms with van der Waals surface area (Å²) in [6, 6.07) is 6.20. The molecule has 0 spiro atoms. The van der Waals surface area contributed by atoms with Crippen LogP contribution in [0.15, 0.2) is 18.2 Å². The van der Waals surface area contributed by atoms with Crippen molar-refractivity contribution >= 4 is 11.0 Å². The number of aromatic nitrogens is 2. The summed E-state index contributed by atoms with van der Waals surface area (Å²) in [5.41, 5.74) is 8.45. The molecule has 0 radical (unpaired) electrons. The van der Waals surface area contributed by atoms with Crippen molar-refractivity contribution in [1.29, 1.82) is 0 Å². The van der Waals surface area contributed by atoms with Crippen molar-refractivity contribution in [3.05, 3.63) is 24.0 Å². The number of ether oxygens (including phenoxy) is 1. The third-order valence-electron chi connectivity index (χ3n) is 3.65. The van der Waals surface area contributed by atoms with Crippen LogP contribution in [0.5, 0.6) is 5.75 Å². The van der Waals surface area contributed by atoms with Crippen molar-refractivity contribution in [3.8, 4) is 5.75 Å². The van der Waals surface area contributed by atoms with Gasteiger partial charge in [0.25, 0.3) is 0 Å². The minimum Gasteiger partial charge on any atom is -0.497 e. The Morgan fingerprint density at radius 3 is 2.40 bits per heavy atom. The monoisotopic (exact) mass is 275 g/mol. The number of benzene rings is 1. The lowest BCUT2D eigenvalue weighted by Gasteiger charge is -2.28. The van der Waals surface area contributed by atoms with E-state index in [-0.39, 0.29) is 11.5 Å². The number of fused-ring (bicyclic) bond motifs is 1. The van der Waals surface area contributed by atoms with Gasteiger partial charge in [0.05, 0.1) is 24.2 Å². The van der Waals surface area contributed by atoms with Crippen LogP contribution in [0.25, 0.3) is 11.0 Å². The van der Waals surface area contributed by atoms with Gasteiger partial charge in [-0.3, -0.25) is 0 Å². The molecule has 0 fully saturated rings. The minimum absolute atomic E-state index is 0.0297. The fraction of sp³-hybridized carbons (Fsp3) is 0.562. The quantitative estimate of drug-likeness (QED) is 0.929. The second kappa shape index (κ2) is 5.09. The third-order valence-corrected chi connectivity index (χ3v) is 3.65. The molecule has 2 aromatic rings. The SMILES string of the molecule is COc1ccc2c(c1)nc(C(N)C(C)(C)C)n2C(C)C. The van der Waals surface area contributed by atoms with Crippen molar-refractivity contribution < 1.29 is 4.74 Å². The van der Waals surface area contributed by atoms with Crippen molar-refractivity contribution in [3.63, 3.8) is 0 Å². The number of methoxy groups -OCH3 is 1. The Labute approximate surface area is 120 Å². The molecule has 1 unspecified atom stereocenters. The first kappa shape index (κ1) is 14.9. The number of nitrogens with two attached hydrogens (primary N) is 1. The largest absolute Gasteiger partial charge is 0.497 e. The van der Waals surface area contributed by atoms with Crippen LogP contribution < -0.4 is 10.5 Å². The standard InChI is InChI=1S/C16H25N3O/c1-10(2)19-13-8-7-11(20-6)9-12(13)18-15(19)14(17)16(3,4)5/h7-10,14H,17H2,1-6H3. The van der Waals surface area contributed by atoms with Crippen LogP contribution in [-0.2, 0) is 0 Å². The maximum absolute atomic E-state index is 6.43. The Morgan fingerprint density at radius 2 is 1.90 bits per heavy atom. The van der Waals surface area contributed by atoms with Crippen LogP contribution in [0.2, 0.25) is 0 Å². The first-order valence-electron chi connectivity index (χ1n) is 7.07. The molecule has 0 saturated heterocycles. The van der Waals surface area contributed by atoms with E-state index in [1.165, 1.54) is 0 Å². The lowest BCUT2D eigenvalue weighted by molar-refractivity contribution is 0.305. The van der Waals surface area contributed by atoms with E-state index in [2.05, 4.69) is 45.3 Å². The highest BCUT2D eigenvalue weighted by Gasteiger charge is 2.28. The number of nitrogens with zero attached hydrogens (tertiary/aromatic N) is 2. The van der Waals surface area contributed by atoms with Gasteiger partial charge in [-0.15, -0.1) is 0 Å². The van der Waals surface area contributed by atoms with E-state index in [1.54, 1.807) is 7.11 Å². The van der Waals surface area contributed by atoms with Crippen molar-refractivity contribution in [2.24, 2.45) is 11.1 Å². The fourth-order valence-electron chi connectivity index (χ4n) is 2.37. The smallest absolute Gasteiger partial charge is 0.127 e. The molecule has 110 valence electrons. The topological polar surface area (TPSA) is 53.1 Å². The molecule has 4 heteroatoms. The van der Waals surface area contributed by atoms with Gasteiger partial charge in [0.1, 0.15) is 11.6 Å². The summed E-state index contributed by atoms with van der Waals surface area (Å²) in [6.07, 6.45) is 0. The van der Waals surface area contributed by atoms with Gasteiger partial charge in [-0.25, -0.2) is 4.98 Å². The summed E-state index contributed by atoms with van der Waals surface area (Å²) in [5.74, 6) is 1.76. The van der Waals surface area contributed by atoms with E-state index in [1.807, 2.05) is 12.1 Å². The zero-order chi connectivity index (χ0) is 15.1. The Bertz CT molecular complexity index is 608. The molecule has 2 rings (SSSR count). The number of rotatable bonds is 3. The number of hydrogen-bond donors (Lipinski definition) is 1. The van der Waals surface area contributed by atoms with Crippen LogP contribution in [0.4, 0.5) is 0 Å². The van der Waals surface area contributed by atoms with Gasteiger partial charge in [0.15, 0.2) is 0 Å². The average molecular weight is 275 g/mol. The molecule has 1 aromatic heterocycles. The first-order chi connectivity index (χ1) is 9.25. The molecule has 0 aliphatic carbocycles. The molecular weight excluding hydrogens is 250 g/mol. The Kier molecular flexibility index (Phi) is 3.78. The summed E-state index contributed by atoms with van der Waals surface area (Å²) < 4.78 is 7.51. The van der Waals surface area contributed by atoms with E-state index in [0.29, 0.717) is 6.04 Å². The number of imidazole rings is 1. The average Bonchev–Trinajstić information content (AvgIpc) is 2.74. The Hall–Kier alpha value is -1.55. The summed E-state index contributed by atoms with van der Waals surface area (Å²) >= 11 is 0. The van der Waals surface area contributed by atoms with Crippen molar-refractivity contribution in [1.82, 2.24) is 9.55 Å². The molecule has 0 saturated carbocycles. The highest BCUT2D eigenvalue weighted by atomic mass is 16.5. The third kappa shape index (κ3) is 2.52. The number of hydrogen-bond acceptors (Lipinski definition) is 3. The predicted octanol–water partition coefficient (Wildman–Crippen LogP) is 3.67. The molecule has 0 bridgehead atoms. The highest BCUT2D eigenvalue weighted by Crippen LogP contribution is 2.34. The normalized spacial score (nSPS) is 14.0. The van der Waals surface area contributed by atoms with Gasteiger partial charge in [0, 0.05) is 12.1 Å². The molecule has 0 aliphatic rings. The second-order valence-electron chi connectivity index (χ2n) is 6.63. The molecule has 20 heavy (non-hydrogen) atoms.